The summed E-state index contributed by atoms with van der Waals surface area (Å²) in [6.45, 7) is 0.526. The van der Waals surface area contributed by atoms with Crippen molar-refractivity contribution >= 4 is 23.2 Å². The highest BCUT2D eigenvalue weighted by molar-refractivity contribution is 5.96. The maximum atomic E-state index is 11.6. The summed E-state index contributed by atoms with van der Waals surface area (Å²) in [7, 11) is 3.45. The molecule has 94 valence electrons. The fraction of sp³-hybridized carbons (Fsp3) is 0.308. The van der Waals surface area contributed by atoms with Gasteiger partial charge >= 0.3 is 0 Å². The molecular weight excluding hydrogens is 230 g/mol. The number of hydrogen-bond acceptors (Lipinski definition) is 3. The Bertz CT molecular complexity index is 587. The van der Waals surface area contributed by atoms with Gasteiger partial charge in [0.2, 0.25) is 5.91 Å². The SMILES string of the molecule is CN(C)C(=O)CCn1cc(C=O)c2cccnc21. The van der Waals surface area contributed by atoms with E-state index in [-0.39, 0.29) is 5.91 Å². The van der Waals surface area contributed by atoms with Crippen LogP contribution in [-0.4, -0.2) is 40.7 Å². The van der Waals surface area contributed by atoms with Crippen molar-refractivity contribution in [3.63, 3.8) is 0 Å². The Hall–Kier alpha value is -2.17. The second kappa shape index (κ2) is 5.00. The van der Waals surface area contributed by atoms with Crippen LogP contribution < -0.4 is 0 Å². The molecule has 0 bridgehead atoms. The third kappa shape index (κ3) is 2.25. The minimum absolute atomic E-state index is 0.0560. The molecule has 2 aromatic rings. The number of pyridine rings is 1. The highest BCUT2D eigenvalue weighted by atomic mass is 16.2. The fourth-order valence-electron chi connectivity index (χ4n) is 1.85. The van der Waals surface area contributed by atoms with Gasteiger partial charge in [0.25, 0.3) is 0 Å². The number of carbonyl (C=O) groups is 2. The molecule has 5 nitrogen and oxygen atoms in total. The van der Waals surface area contributed by atoms with Crippen LogP contribution >= 0.6 is 0 Å². The molecule has 0 spiro atoms. The molecule has 0 saturated heterocycles. The molecule has 0 aliphatic rings. The van der Waals surface area contributed by atoms with Crippen molar-refractivity contribution in [2.45, 2.75) is 13.0 Å². The maximum Gasteiger partial charge on any atom is 0.223 e. The van der Waals surface area contributed by atoms with Gasteiger partial charge in [-0.3, -0.25) is 9.59 Å². The number of aromatic nitrogens is 2. The second-order valence-electron chi connectivity index (χ2n) is 4.31. The topological polar surface area (TPSA) is 55.2 Å². The van der Waals surface area contributed by atoms with Crippen molar-refractivity contribution in [3.8, 4) is 0 Å². The van der Waals surface area contributed by atoms with Crippen molar-refractivity contribution in [2.24, 2.45) is 0 Å². The van der Waals surface area contributed by atoms with E-state index in [0.717, 1.165) is 17.3 Å². The van der Waals surface area contributed by atoms with Crippen LogP contribution in [0.25, 0.3) is 11.0 Å². The van der Waals surface area contributed by atoms with Gasteiger partial charge in [0, 0.05) is 50.4 Å². The molecule has 0 aliphatic carbocycles. The Balaban J connectivity index is 2.28. The fourth-order valence-corrected chi connectivity index (χ4v) is 1.85. The van der Waals surface area contributed by atoms with E-state index in [1.807, 2.05) is 10.6 Å². The van der Waals surface area contributed by atoms with E-state index in [0.29, 0.717) is 18.5 Å². The minimum Gasteiger partial charge on any atom is -0.349 e. The van der Waals surface area contributed by atoms with E-state index in [1.54, 1.807) is 37.5 Å². The van der Waals surface area contributed by atoms with Gasteiger partial charge in [0.05, 0.1) is 0 Å². The van der Waals surface area contributed by atoms with Gasteiger partial charge in [-0.25, -0.2) is 4.98 Å². The first-order chi connectivity index (χ1) is 8.63. The van der Waals surface area contributed by atoms with E-state index >= 15 is 0 Å². The monoisotopic (exact) mass is 245 g/mol. The zero-order valence-electron chi connectivity index (χ0n) is 10.5. The van der Waals surface area contributed by atoms with Crippen LogP contribution in [0.2, 0.25) is 0 Å². The van der Waals surface area contributed by atoms with Crippen LogP contribution in [0.15, 0.2) is 24.5 Å². The Labute approximate surface area is 105 Å². The summed E-state index contributed by atoms with van der Waals surface area (Å²) in [5, 5.41) is 0.824. The Kier molecular flexibility index (Phi) is 3.41. The summed E-state index contributed by atoms with van der Waals surface area (Å²) >= 11 is 0. The van der Waals surface area contributed by atoms with Crippen molar-refractivity contribution in [1.29, 1.82) is 0 Å². The summed E-state index contributed by atoms with van der Waals surface area (Å²) in [5.41, 5.74) is 1.35. The average molecular weight is 245 g/mol. The predicted octanol–water partition coefficient (Wildman–Crippen LogP) is 1.33. The van der Waals surface area contributed by atoms with Crippen LogP contribution in [0.1, 0.15) is 16.8 Å². The predicted molar refractivity (Wildman–Crippen MR) is 68.4 cm³/mol. The average Bonchev–Trinajstić information content (AvgIpc) is 2.74. The van der Waals surface area contributed by atoms with Crippen LogP contribution in [0.4, 0.5) is 0 Å². The lowest BCUT2D eigenvalue weighted by atomic mass is 10.2. The van der Waals surface area contributed by atoms with Crippen LogP contribution in [-0.2, 0) is 11.3 Å². The molecule has 2 rings (SSSR count). The lowest BCUT2D eigenvalue weighted by Gasteiger charge is -2.10. The molecular formula is C13H15N3O2. The Morgan fingerprint density at radius 3 is 2.94 bits per heavy atom. The lowest BCUT2D eigenvalue weighted by Crippen LogP contribution is -2.22. The van der Waals surface area contributed by atoms with E-state index < -0.39 is 0 Å². The van der Waals surface area contributed by atoms with Gasteiger partial charge in [-0.1, -0.05) is 0 Å². The highest BCUT2D eigenvalue weighted by Gasteiger charge is 2.10. The molecule has 2 heterocycles. The van der Waals surface area contributed by atoms with Gasteiger partial charge in [-0.05, 0) is 12.1 Å². The van der Waals surface area contributed by atoms with Crippen LogP contribution in [0.5, 0.6) is 0 Å². The van der Waals surface area contributed by atoms with E-state index in [9.17, 15) is 9.59 Å². The summed E-state index contributed by atoms with van der Waals surface area (Å²) < 4.78 is 1.85. The summed E-state index contributed by atoms with van der Waals surface area (Å²) in [6, 6.07) is 3.65. The minimum atomic E-state index is 0.0560. The standard InChI is InChI=1S/C13H15N3O2/c1-15(2)12(18)5-7-16-8-10(9-17)11-4-3-6-14-13(11)16/h3-4,6,8-9H,5,7H2,1-2H3. The molecule has 0 atom stereocenters. The van der Waals surface area contributed by atoms with E-state index in [1.165, 1.54) is 0 Å². The molecule has 0 aromatic carbocycles. The van der Waals surface area contributed by atoms with Gasteiger partial charge in [0.1, 0.15) is 5.65 Å². The van der Waals surface area contributed by atoms with Gasteiger partial charge in [0.15, 0.2) is 6.29 Å². The molecule has 2 aromatic heterocycles. The lowest BCUT2D eigenvalue weighted by molar-refractivity contribution is -0.128. The van der Waals surface area contributed by atoms with E-state index in [4.69, 9.17) is 0 Å². The number of rotatable bonds is 4. The van der Waals surface area contributed by atoms with E-state index in [2.05, 4.69) is 4.98 Å². The number of carbonyl (C=O) groups excluding carboxylic acids is 2. The maximum absolute atomic E-state index is 11.6. The summed E-state index contributed by atoms with van der Waals surface area (Å²) in [4.78, 5) is 28.3. The first kappa shape index (κ1) is 12.3. The first-order valence-corrected chi connectivity index (χ1v) is 5.72. The smallest absolute Gasteiger partial charge is 0.223 e. The number of aldehydes is 1. The number of amides is 1. The Morgan fingerprint density at radius 1 is 1.50 bits per heavy atom. The quantitative estimate of drug-likeness (QED) is 0.763. The molecule has 5 heteroatoms. The van der Waals surface area contributed by atoms with Crippen LogP contribution in [0.3, 0.4) is 0 Å². The zero-order valence-corrected chi connectivity index (χ0v) is 10.5. The third-order valence-corrected chi connectivity index (χ3v) is 2.86. The Morgan fingerprint density at radius 2 is 2.28 bits per heavy atom. The van der Waals surface area contributed by atoms with Crippen LogP contribution in [0, 0.1) is 0 Å². The third-order valence-electron chi connectivity index (χ3n) is 2.86. The molecule has 0 saturated carbocycles. The van der Waals surface area contributed by atoms with Crippen molar-refractivity contribution < 1.29 is 9.59 Å². The van der Waals surface area contributed by atoms with Gasteiger partial charge < -0.3 is 9.47 Å². The zero-order chi connectivity index (χ0) is 13.1. The van der Waals surface area contributed by atoms with Crippen molar-refractivity contribution in [1.82, 2.24) is 14.5 Å². The molecule has 0 unspecified atom stereocenters. The van der Waals surface area contributed by atoms with Gasteiger partial charge in [-0.2, -0.15) is 0 Å². The number of nitrogens with zero attached hydrogens (tertiary/aromatic N) is 3. The summed E-state index contributed by atoms with van der Waals surface area (Å²) in [6.07, 6.45) is 4.63. The van der Waals surface area contributed by atoms with Crippen molar-refractivity contribution in [3.05, 3.63) is 30.1 Å². The summed E-state index contributed by atoms with van der Waals surface area (Å²) in [5.74, 6) is 0.0560. The molecule has 0 N–H and O–H groups in total. The number of hydrogen-bond donors (Lipinski definition) is 0. The van der Waals surface area contributed by atoms with Gasteiger partial charge in [-0.15, -0.1) is 0 Å². The molecule has 18 heavy (non-hydrogen) atoms. The largest absolute Gasteiger partial charge is 0.349 e. The molecule has 1 amide bonds. The highest BCUT2D eigenvalue weighted by Crippen LogP contribution is 2.18. The molecule has 0 radical (unpaired) electrons. The van der Waals surface area contributed by atoms with Crippen molar-refractivity contribution in [2.75, 3.05) is 14.1 Å². The number of aryl methyl sites for hydroxylation is 1. The normalized spacial score (nSPS) is 10.6. The number of fused-ring (bicyclic) bond motifs is 1. The first-order valence-electron chi connectivity index (χ1n) is 5.72. The molecule has 0 fully saturated rings. The molecule has 0 aliphatic heterocycles. The second-order valence-corrected chi connectivity index (χ2v) is 4.31.